The average molecular weight is 417 g/mol. The molecule has 0 unspecified atom stereocenters. The second kappa shape index (κ2) is 8.63. The molecule has 0 radical (unpaired) electrons. The summed E-state index contributed by atoms with van der Waals surface area (Å²) >= 11 is 1.57. The molecule has 1 N–H and O–H groups in total. The van der Waals surface area contributed by atoms with Crippen molar-refractivity contribution in [3.63, 3.8) is 0 Å². The lowest BCUT2D eigenvalue weighted by molar-refractivity contribution is -0.120. The molecule has 1 atom stereocenters. The third-order valence-electron chi connectivity index (χ3n) is 5.01. The summed E-state index contributed by atoms with van der Waals surface area (Å²) in [5.74, 6) is 0.748. The highest BCUT2D eigenvalue weighted by molar-refractivity contribution is 7.12. The average Bonchev–Trinajstić information content (AvgIpc) is 3.32. The van der Waals surface area contributed by atoms with Crippen LogP contribution in [0, 0.1) is 13.8 Å². The maximum atomic E-state index is 13.1. The number of rotatable bonds is 6. The SMILES string of the molecule is Cc1ccc(-c2nc(C)sc2CC(=O)N[C@@H](c2ccccc2)c2nccn2C)cc1. The molecule has 152 valence electrons. The number of thiazole rings is 1. The Morgan fingerprint density at radius 1 is 1.10 bits per heavy atom. The summed E-state index contributed by atoms with van der Waals surface area (Å²) in [6, 6.07) is 17.9. The van der Waals surface area contributed by atoms with Crippen LogP contribution in [0.25, 0.3) is 11.3 Å². The van der Waals surface area contributed by atoms with Crippen LogP contribution in [-0.4, -0.2) is 20.4 Å². The van der Waals surface area contributed by atoms with Gasteiger partial charge in [0.05, 0.1) is 17.1 Å². The Bertz CT molecular complexity index is 1150. The zero-order valence-corrected chi connectivity index (χ0v) is 18.1. The third kappa shape index (κ3) is 4.33. The smallest absolute Gasteiger partial charge is 0.226 e. The number of hydrogen-bond donors (Lipinski definition) is 1. The molecular formula is C24H24N4OS. The van der Waals surface area contributed by atoms with Crippen LogP contribution in [0.2, 0.25) is 0 Å². The van der Waals surface area contributed by atoms with Crippen LogP contribution in [0.1, 0.15) is 32.9 Å². The fraction of sp³-hybridized carbons (Fsp3) is 0.208. The van der Waals surface area contributed by atoms with E-state index in [2.05, 4.69) is 46.5 Å². The molecule has 4 rings (SSSR count). The summed E-state index contributed by atoms with van der Waals surface area (Å²) in [5.41, 5.74) is 4.13. The number of amides is 1. The van der Waals surface area contributed by atoms with E-state index in [1.54, 1.807) is 17.5 Å². The molecule has 5 nitrogen and oxygen atoms in total. The van der Waals surface area contributed by atoms with E-state index in [0.29, 0.717) is 0 Å². The predicted molar refractivity (Wildman–Crippen MR) is 120 cm³/mol. The maximum absolute atomic E-state index is 13.1. The topological polar surface area (TPSA) is 59.8 Å². The molecule has 0 bridgehead atoms. The number of hydrogen-bond acceptors (Lipinski definition) is 4. The van der Waals surface area contributed by atoms with E-state index in [1.165, 1.54) is 5.56 Å². The summed E-state index contributed by atoms with van der Waals surface area (Å²) in [7, 11) is 1.94. The molecule has 0 aliphatic carbocycles. The Hall–Kier alpha value is -3.25. The number of imidazole rings is 1. The van der Waals surface area contributed by atoms with Crippen molar-refractivity contribution in [3.8, 4) is 11.3 Å². The molecule has 2 aromatic heterocycles. The number of aryl methyl sites for hydroxylation is 3. The number of benzene rings is 2. The van der Waals surface area contributed by atoms with Gasteiger partial charge in [-0.2, -0.15) is 0 Å². The molecule has 0 saturated heterocycles. The van der Waals surface area contributed by atoms with Crippen molar-refractivity contribution in [1.29, 1.82) is 0 Å². The minimum atomic E-state index is -0.310. The highest BCUT2D eigenvalue weighted by atomic mass is 32.1. The Kier molecular flexibility index (Phi) is 5.77. The van der Waals surface area contributed by atoms with Gasteiger partial charge in [-0.15, -0.1) is 11.3 Å². The van der Waals surface area contributed by atoms with Gasteiger partial charge in [0.15, 0.2) is 0 Å². The maximum Gasteiger partial charge on any atom is 0.226 e. The van der Waals surface area contributed by atoms with Crippen LogP contribution in [0.4, 0.5) is 0 Å². The van der Waals surface area contributed by atoms with Crippen LogP contribution >= 0.6 is 11.3 Å². The Morgan fingerprint density at radius 2 is 1.83 bits per heavy atom. The van der Waals surface area contributed by atoms with Gasteiger partial charge in [-0.3, -0.25) is 4.79 Å². The van der Waals surface area contributed by atoms with Gasteiger partial charge < -0.3 is 9.88 Å². The first-order valence-electron chi connectivity index (χ1n) is 9.86. The zero-order chi connectivity index (χ0) is 21.1. The fourth-order valence-electron chi connectivity index (χ4n) is 3.48. The normalized spacial score (nSPS) is 12.0. The summed E-state index contributed by atoms with van der Waals surface area (Å²) in [5, 5.41) is 4.13. The molecule has 2 aromatic carbocycles. The van der Waals surface area contributed by atoms with E-state index >= 15 is 0 Å². The highest BCUT2D eigenvalue weighted by Gasteiger charge is 2.22. The molecular weight excluding hydrogens is 392 g/mol. The van der Waals surface area contributed by atoms with Crippen LogP contribution in [-0.2, 0) is 18.3 Å². The number of nitrogens with zero attached hydrogens (tertiary/aromatic N) is 3. The number of aromatic nitrogens is 3. The van der Waals surface area contributed by atoms with Gasteiger partial charge in [0, 0.05) is 29.9 Å². The molecule has 0 aliphatic rings. The third-order valence-corrected chi connectivity index (χ3v) is 5.98. The fourth-order valence-corrected chi connectivity index (χ4v) is 4.44. The van der Waals surface area contributed by atoms with Crippen LogP contribution in [0.5, 0.6) is 0 Å². The highest BCUT2D eigenvalue weighted by Crippen LogP contribution is 2.29. The molecule has 2 heterocycles. The quantitative estimate of drug-likeness (QED) is 0.499. The van der Waals surface area contributed by atoms with Crippen molar-refractivity contribution < 1.29 is 4.79 Å². The second-order valence-corrected chi connectivity index (χ2v) is 8.64. The Balaban J connectivity index is 1.59. The summed E-state index contributed by atoms with van der Waals surface area (Å²) in [4.78, 5) is 23.2. The van der Waals surface area contributed by atoms with Crippen molar-refractivity contribution in [2.24, 2.45) is 7.05 Å². The van der Waals surface area contributed by atoms with Crippen LogP contribution < -0.4 is 5.32 Å². The lowest BCUT2D eigenvalue weighted by atomic mass is 10.1. The first-order valence-corrected chi connectivity index (χ1v) is 10.7. The van der Waals surface area contributed by atoms with Gasteiger partial charge in [0.25, 0.3) is 0 Å². The van der Waals surface area contributed by atoms with Gasteiger partial charge >= 0.3 is 0 Å². The van der Waals surface area contributed by atoms with Crippen LogP contribution in [0.15, 0.2) is 67.0 Å². The van der Waals surface area contributed by atoms with Crippen LogP contribution in [0.3, 0.4) is 0 Å². The number of nitrogens with one attached hydrogen (secondary N) is 1. The van der Waals surface area contributed by atoms with Gasteiger partial charge in [-0.05, 0) is 19.4 Å². The van der Waals surface area contributed by atoms with E-state index in [9.17, 15) is 4.79 Å². The van der Waals surface area contributed by atoms with Gasteiger partial charge in [-0.25, -0.2) is 9.97 Å². The van der Waals surface area contributed by atoms with Crippen molar-refractivity contribution in [1.82, 2.24) is 19.9 Å². The second-order valence-electron chi connectivity index (χ2n) is 7.36. The molecule has 4 aromatic rings. The molecule has 1 amide bonds. The van der Waals surface area contributed by atoms with E-state index < -0.39 is 0 Å². The standard InChI is InChI=1S/C24H24N4OS/c1-16-9-11-19(12-10-16)22-20(30-17(2)26-22)15-21(29)27-23(18-7-5-4-6-8-18)24-25-13-14-28(24)3/h4-14,23H,15H2,1-3H3,(H,27,29)/t23-/m0/s1. The molecule has 0 fully saturated rings. The predicted octanol–water partition coefficient (Wildman–Crippen LogP) is 4.61. The van der Waals surface area contributed by atoms with E-state index in [4.69, 9.17) is 0 Å². The minimum absolute atomic E-state index is 0.0520. The lowest BCUT2D eigenvalue weighted by Crippen LogP contribution is -2.32. The first kappa shape index (κ1) is 20.0. The van der Waals surface area contributed by atoms with E-state index in [1.807, 2.05) is 55.1 Å². The van der Waals surface area contributed by atoms with Crippen molar-refractivity contribution in [3.05, 3.63) is 93.8 Å². The lowest BCUT2D eigenvalue weighted by Gasteiger charge is -2.19. The number of carbonyl (C=O) groups is 1. The van der Waals surface area contributed by atoms with Crippen molar-refractivity contribution in [2.75, 3.05) is 0 Å². The summed E-state index contributed by atoms with van der Waals surface area (Å²) < 4.78 is 1.94. The Morgan fingerprint density at radius 3 is 2.50 bits per heavy atom. The van der Waals surface area contributed by atoms with Gasteiger partial charge in [0.2, 0.25) is 5.91 Å². The zero-order valence-electron chi connectivity index (χ0n) is 17.3. The minimum Gasteiger partial charge on any atom is -0.342 e. The van der Waals surface area contributed by atoms with Gasteiger partial charge in [0.1, 0.15) is 11.9 Å². The molecule has 6 heteroatoms. The summed E-state index contributed by atoms with van der Waals surface area (Å²) in [6.45, 7) is 4.04. The monoisotopic (exact) mass is 416 g/mol. The number of carbonyl (C=O) groups excluding carboxylic acids is 1. The Labute approximate surface area is 180 Å². The van der Waals surface area contributed by atoms with Crippen molar-refractivity contribution in [2.45, 2.75) is 26.3 Å². The van der Waals surface area contributed by atoms with Gasteiger partial charge in [-0.1, -0.05) is 60.2 Å². The summed E-state index contributed by atoms with van der Waals surface area (Å²) in [6.07, 6.45) is 3.92. The van der Waals surface area contributed by atoms with E-state index in [0.717, 1.165) is 32.5 Å². The molecule has 0 saturated carbocycles. The molecule has 0 aliphatic heterocycles. The largest absolute Gasteiger partial charge is 0.342 e. The molecule has 0 spiro atoms. The van der Waals surface area contributed by atoms with E-state index in [-0.39, 0.29) is 18.4 Å². The first-order chi connectivity index (χ1) is 14.5. The molecule has 30 heavy (non-hydrogen) atoms. The van der Waals surface area contributed by atoms with Crippen molar-refractivity contribution >= 4 is 17.2 Å².